The van der Waals surface area contributed by atoms with Crippen LogP contribution in [0.3, 0.4) is 0 Å². The van der Waals surface area contributed by atoms with Gasteiger partial charge >= 0.3 is 17.1 Å². The van der Waals surface area contributed by atoms with Gasteiger partial charge in [0.1, 0.15) is 6.04 Å². The SMILES string of the molecule is C/C=C1/C=C2CCc3ccccc3C2[N-]1.Cc1cc(C)c(C2=N/C(=C\c3cc4c([n-]3)-c3ccccc3CC4)c3cc(Br)ccc32)c(C)c1.Cc1cc(C)c(C2N=Cc3cc(Br)ccc32)c(C)c1.[Cu+2]. The minimum absolute atomic E-state index is 0. The average molecular weight is 1070 g/mol. The fraction of sp³-hybridized carbons (Fsp3) is 0.213. The second-order valence-corrected chi connectivity index (χ2v) is 20.4. The summed E-state index contributed by atoms with van der Waals surface area (Å²) in [6, 6.07) is 41.9. The molecular weight excluding hydrogens is 1010 g/mol. The zero-order valence-electron chi connectivity index (χ0n) is 39.6. The van der Waals surface area contributed by atoms with Crippen LogP contribution < -0.4 is 4.98 Å². The number of aryl methyl sites for hydroxylation is 9. The minimum atomic E-state index is 0. The Morgan fingerprint density at radius 1 is 0.618 bits per heavy atom. The van der Waals surface area contributed by atoms with Gasteiger partial charge in [-0.15, -0.1) is 23.2 Å². The van der Waals surface area contributed by atoms with Crippen LogP contribution in [0.25, 0.3) is 28.3 Å². The molecule has 343 valence electrons. The van der Waals surface area contributed by atoms with Crippen molar-refractivity contribution in [3.05, 3.63) is 248 Å². The number of nitrogens with zero attached hydrogens (tertiary/aromatic N) is 4. The van der Waals surface area contributed by atoms with Crippen LogP contribution in [-0.4, -0.2) is 11.9 Å². The molecule has 6 aromatic carbocycles. The third-order valence-corrected chi connectivity index (χ3v) is 14.7. The Bertz CT molecular complexity index is 3240. The number of aromatic nitrogens is 1. The van der Waals surface area contributed by atoms with Crippen molar-refractivity contribution in [2.75, 3.05) is 0 Å². The molecule has 4 nitrogen and oxygen atoms in total. The predicted molar refractivity (Wildman–Crippen MR) is 288 cm³/mol. The van der Waals surface area contributed by atoms with Crippen LogP contribution in [0.1, 0.15) is 120 Å². The number of rotatable bonds is 3. The first kappa shape index (κ1) is 47.5. The monoisotopic (exact) mass is 1060 g/mol. The van der Waals surface area contributed by atoms with E-state index in [2.05, 4.69) is 214 Å². The molecule has 68 heavy (non-hydrogen) atoms. The predicted octanol–water partition coefficient (Wildman–Crippen LogP) is 16.2. The van der Waals surface area contributed by atoms with E-state index in [1.807, 2.05) is 6.21 Å². The van der Waals surface area contributed by atoms with E-state index in [0.29, 0.717) is 6.04 Å². The summed E-state index contributed by atoms with van der Waals surface area (Å²) in [5, 5.41) is 4.74. The Balaban J connectivity index is 0.000000139. The van der Waals surface area contributed by atoms with Crippen molar-refractivity contribution in [1.29, 1.82) is 0 Å². The van der Waals surface area contributed by atoms with Gasteiger partial charge in [0, 0.05) is 31.9 Å². The molecule has 2 unspecified atom stereocenters. The van der Waals surface area contributed by atoms with Crippen molar-refractivity contribution in [2.24, 2.45) is 9.98 Å². The number of halogens is 2. The molecule has 0 bridgehead atoms. The van der Waals surface area contributed by atoms with Gasteiger partial charge in [0.25, 0.3) is 0 Å². The Morgan fingerprint density at radius 2 is 1.26 bits per heavy atom. The number of fused-ring (bicyclic) bond motifs is 8. The van der Waals surface area contributed by atoms with E-state index in [0.717, 1.165) is 55.8 Å². The second kappa shape index (κ2) is 19.8. The van der Waals surface area contributed by atoms with E-state index in [9.17, 15) is 0 Å². The summed E-state index contributed by atoms with van der Waals surface area (Å²) in [7, 11) is 0. The smallest absolute Gasteiger partial charge is 0.675 e. The maximum Gasteiger partial charge on any atom is 2.00 e. The molecule has 2 atom stereocenters. The van der Waals surface area contributed by atoms with Crippen LogP contribution in [0.4, 0.5) is 0 Å². The van der Waals surface area contributed by atoms with Gasteiger partial charge in [0.2, 0.25) is 0 Å². The molecule has 0 spiro atoms. The summed E-state index contributed by atoms with van der Waals surface area (Å²) in [6.45, 7) is 15.1. The molecule has 1 radical (unpaired) electrons. The number of hydrogen-bond donors (Lipinski definition) is 0. The topological polar surface area (TPSA) is 52.9 Å². The van der Waals surface area contributed by atoms with Crippen LogP contribution in [0.2, 0.25) is 0 Å². The Hall–Kier alpha value is -5.56. The minimum Gasteiger partial charge on any atom is -0.675 e. The van der Waals surface area contributed by atoms with Crippen LogP contribution >= 0.6 is 31.9 Å². The standard InChI is InChI=1S/C30H24BrN2.C17H16BrN.C14H14N.Cu/c1-17-12-18(2)28(19(3)13-17)30-25-11-10-22(31)15-26(25)27(33-30)16-23-14-21-9-8-20-6-4-5-7-24(20)29(21)32-23;1-10-6-11(2)16(12(3)7-10)17-15-5-4-14(18)8-13(15)9-19-17;1-2-12-9-11-8-7-10-5-3-4-6-13(10)14(11)15-12;/h4-7,10-16H,8-9H2,1-3H3;4-9,17H,1-3H3;2-6,9,14H,7-8H2,1H3;/q-1;;-1;+2/b27-16-;;12-2-;. The van der Waals surface area contributed by atoms with Crippen molar-refractivity contribution >= 4 is 55.6 Å². The zero-order valence-corrected chi connectivity index (χ0v) is 43.7. The summed E-state index contributed by atoms with van der Waals surface area (Å²) in [5.74, 6) is 0. The third-order valence-electron chi connectivity index (χ3n) is 13.8. The maximum absolute atomic E-state index is 5.18. The molecule has 7 heteroatoms. The van der Waals surface area contributed by atoms with Gasteiger partial charge in [0.15, 0.2) is 0 Å². The van der Waals surface area contributed by atoms with Crippen LogP contribution in [0.5, 0.6) is 0 Å². The van der Waals surface area contributed by atoms with Gasteiger partial charge in [-0.05, 0) is 154 Å². The van der Waals surface area contributed by atoms with E-state index in [-0.39, 0.29) is 23.1 Å². The van der Waals surface area contributed by atoms with Gasteiger partial charge in [-0.25, -0.2) is 4.99 Å². The molecule has 0 saturated carbocycles. The Morgan fingerprint density at radius 3 is 2.01 bits per heavy atom. The molecule has 12 rings (SSSR count). The summed E-state index contributed by atoms with van der Waals surface area (Å²) in [6.07, 6.45) is 12.9. The quantitative estimate of drug-likeness (QED) is 0.163. The van der Waals surface area contributed by atoms with Gasteiger partial charge in [-0.1, -0.05) is 169 Å². The normalized spacial score (nSPS) is 17.7. The third kappa shape index (κ3) is 9.31. The average Bonchev–Trinajstić information content (AvgIpc) is 4.11. The molecular formula is C61H54Br2CuN4. The summed E-state index contributed by atoms with van der Waals surface area (Å²) in [4.78, 5) is 14.9. The van der Waals surface area contributed by atoms with E-state index < -0.39 is 0 Å². The number of hydrogen-bond acceptors (Lipinski definition) is 2. The molecule has 4 heterocycles. The van der Waals surface area contributed by atoms with Crippen LogP contribution in [-0.2, 0) is 36.3 Å². The van der Waals surface area contributed by atoms with Crippen molar-refractivity contribution < 1.29 is 17.1 Å². The van der Waals surface area contributed by atoms with E-state index in [4.69, 9.17) is 20.3 Å². The van der Waals surface area contributed by atoms with E-state index in [1.165, 1.54) is 107 Å². The first-order valence-electron chi connectivity index (χ1n) is 23.4. The van der Waals surface area contributed by atoms with E-state index in [1.54, 1.807) is 0 Å². The maximum atomic E-state index is 5.18. The number of allylic oxidation sites excluding steroid dienone is 2. The van der Waals surface area contributed by atoms with E-state index >= 15 is 0 Å². The largest absolute Gasteiger partial charge is 2.00 e. The van der Waals surface area contributed by atoms with Crippen LogP contribution in [0, 0.1) is 41.5 Å². The summed E-state index contributed by atoms with van der Waals surface area (Å²) < 4.78 is 2.17. The van der Waals surface area contributed by atoms with Crippen LogP contribution in [0.15, 0.2) is 158 Å². The number of benzene rings is 6. The molecule has 0 fully saturated rings. The fourth-order valence-corrected chi connectivity index (χ4v) is 11.6. The van der Waals surface area contributed by atoms with Gasteiger partial charge in [-0.3, -0.25) is 4.99 Å². The zero-order chi connectivity index (χ0) is 46.5. The molecule has 1 aromatic heterocycles. The first-order chi connectivity index (χ1) is 32.4. The summed E-state index contributed by atoms with van der Waals surface area (Å²) in [5.41, 5.74) is 28.9. The Kier molecular flexibility index (Phi) is 13.8. The molecule has 0 N–H and O–H groups in total. The number of aliphatic imine (C=N–C) groups is 2. The first-order valence-corrected chi connectivity index (χ1v) is 25.0. The Labute approximate surface area is 429 Å². The van der Waals surface area contributed by atoms with Gasteiger partial charge in [-0.2, -0.15) is 0 Å². The molecule has 0 saturated heterocycles. The summed E-state index contributed by atoms with van der Waals surface area (Å²) >= 11 is 7.18. The molecule has 5 aliphatic rings. The molecule has 7 aromatic rings. The fourth-order valence-electron chi connectivity index (χ4n) is 10.9. The van der Waals surface area contributed by atoms with Crippen molar-refractivity contribution in [3.63, 3.8) is 0 Å². The molecule has 2 aliphatic carbocycles. The molecule has 3 aliphatic heterocycles. The molecule has 0 amide bonds. The second-order valence-electron chi connectivity index (χ2n) is 18.6. The van der Waals surface area contributed by atoms with Crippen molar-refractivity contribution in [3.8, 4) is 11.3 Å². The van der Waals surface area contributed by atoms with Crippen molar-refractivity contribution in [2.45, 2.75) is 86.2 Å². The van der Waals surface area contributed by atoms with Gasteiger partial charge < -0.3 is 10.3 Å². The van der Waals surface area contributed by atoms with Crippen molar-refractivity contribution in [1.82, 2.24) is 4.98 Å². The van der Waals surface area contributed by atoms with Gasteiger partial charge in [0.05, 0.1) is 11.4 Å².